The molecule has 0 N–H and O–H groups in total. The normalized spacial score (nSPS) is 19.7. The highest BCUT2D eigenvalue weighted by Gasteiger charge is 2.30. The predicted octanol–water partition coefficient (Wildman–Crippen LogP) is 8.06. The van der Waals surface area contributed by atoms with E-state index in [1.54, 1.807) is 12.0 Å². The maximum atomic E-state index is 5.42. The molecule has 1 atom stereocenters. The maximum absolute atomic E-state index is 5.42. The van der Waals surface area contributed by atoms with Gasteiger partial charge in [-0.15, -0.1) is 0 Å². The molecule has 27 heavy (non-hydrogen) atoms. The van der Waals surface area contributed by atoms with E-state index in [9.17, 15) is 0 Å². The van der Waals surface area contributed by atoms with E-state index in [-0.39, 0.29) is 0 Å². The molecule has 1 nitrogen and oxygen atoms in total. The largest absolute Gasteiger partial charge is 0.497 e. The van der Waals surface area contributed by atoms with E-state index in [0.717, 1.165) is 22.8 Å². The molecule has 0 aliphatic heterocycles. The van der Waals surface area contributed by atoms with E-state index in [2.05, 4.69) is 52.0 Å². The predicted molar refractivity (Wildman–Crippen MR) is 124 cm³/mol. The molecule has 0 saturated heterocycles. The summed E-state index contributed by atoms with van der Waals surface area (Å²) in [7, 11) is 0.990. The second-order valence-electron chi connectivity index (χ2n) is 9.26. The average molecular weight is 393 g/mol. The lowest BCUT2D eigenvalue weighted by Gasteiger charge is -2.45. The summed E-state index contributed by atoms with van der Waals surface area (Å²) in [5.74, 6) is 5.58. The highest BCUT2D eigenvalue weighted by molar-refractivity contribution is 8.34. The Hall–Kier alpha value is -0.630. The molecule has 0 spiro atoms. The molecule has 1 aliphatic rings. The minimum Gasteiger partial charge on any atom is -0.497 e. The van der Waals surface area contributed by atoms with Crippen LogP contribution in [0.1, 0.15) is 85.5 Å². The van der Waals surface area contributed by atoms with Gasteiger partial charge in [0.15, 0.2) is 0 Å². The van der Waals surface area contributed by atoms with Crippen LogP contribution in [0, 0.1) is 11.8 Å². The third-order valence-corrected chi connectivity index (χ3v) is 11.6. The Bertz CT molecular complexity index is 514. The van der Waals surface area contributed by atoms with Crippen LogP contribution in [0.4, 0.5) is 0 Å². The average Bonchev–Trinajstić information content (AvgIpc) is 2.93. The third kappa shape index (κ3) is 6.73. The molecule has 156 valence electrons. The monoisotopic (exact) mass is 392 g/mol. The van der Waals surface area contributed by atoms with Gasteiger partial charge < -0.3 is 4.74 Å². The summed E-state index contributed by atoms with van der Waals surface area (Å²) in [6.45, 7) is 9.71. The summed E-state index contributed by atoms with van der Waals surface area (Å²) in [5, 5.41) is 0.749. The molecular weight excluding hydrogens is 348 g/mol. The van der Waals surface area contributed by atoms with Gasteiger partial charge in [-0.25, -0.2) is 10.0 Å². The van der Waals surface area contributed by atoms with Crippen LogP contribution < -0.4 is 4.74 Å². The summed E-state index contributed by atoms with van der Waals surface area (Å²) in [6.07, 6.45) is 13.1. The van der Waals surface area contributed by atoms with Crippen molar-refractivity contribution in [2.24, 2.45) is 11.8 Å². The Morgan fingerprint density at radius 1 is 0.926 bits per heavy atom. The molecule has 0 bridgehead atoms. The zero-order valence-corrected chi connectivity index (χ0v) is 19.5. The summed E-state index contributed by atoms with van der Waals surface area (Å²) in [6, 6.07) is 9.11. The van der Waals surface area contributed by atoms with Crippen molar-refractivity contribution in [2.45, 2.75) is 95.6 Å². The van der Waals surface area contributed by atoms with Gasteiger partial charge in [-0.05, 0) is 77.0 Å². The first-order valence-electron chi connectivity index (χ1n) is 11.4. The zero-order valence-electron chi connectivity index (χ0n) is 18.6. The topological polar surface area (TPSA) is 9.23 Å². The highest BCUT2D eigenvalue weighted by Crippen LogP contribution is 2.61. The molecule has 0 heterocycles. The van der Waals surface area contributed by atoms with E-state index < -0.39 is 10.0 Å². The molecule has 0 aromatic heterocycles. The number of ether oxygens (including phenoxy) is 1. The van der Waals surface area contributed by atoms with Crippen molar-refractivity contribution in [2.75, 3.05) is 18.6 Å². The summed E-state index contributed by atoms with van der Waals surface area (Å²) in [5.41, 5.74) is 0. The first-order valence-corrected chi connectivity index (χ1v) is 13.4. The lowest BCUT2D eigenvalue weighted by atomic mass is 9.95. The number of hydrogen-bond donors (Lipinski definition) is 0. The SMILES string of the molecule is COc1ccc(S(CCCC2CCCCCC2)(CCC(C)C)C(C)C)cc1. The number of benzene rings is 1. The second-order valence-corrected chi connectivity index (χ2v) is 13.4. The zero-order chi connectivity index (χ0) is 19.7. The fourth-order valence-corrected chi connectivity index (χ4v) is 9.07. The van der Waals surface area contributed by atoms with Crippen molar-refractivity contribution in [3.05, 3.63) is 24.3 Å². The highest BCUT2D eigenvalue weighted by atomic mass is 32.3. The van der Waals surface area contributed by atoms with Gasteiger partial charge in [0.25, 0.3) is 0 Å². The lowest BCUT2D eigenvalue weighted by molar-refractivity contribution is 0.414. The Kier molecular flexibility index (Phi) is 9.56. The minimum absolute atomic E-state index is 0.749. The van der Waals surface area contributed by atoms with E-state index >= 15 is 0 Å². The molecule has 1 aromatic carbocycles. The summed E-state index contributed by atoms with van der Waals surface area (Å²) >= 11 is 0. The molecule has 1 aliphatic carbocycles. The van der Waals surface area contributed by atoms with Crippen LogP contribution in [0.5, 0.6) is 5.75 Å². The third-order valence-electron chi connectivity index (χ3n) is 6.59. The van der Waals surface area contributed by atoms with Gasteiger partial charge in [0.05, 0.1) is 7.11 Å². The van der Waals surface area contributed by atoms with Crippen molar-refractivity contribution >= 4 is 10.0 Å². The molecule has 1 unspecified atom stereocenters. The molecule has 2 rings (SSSR count). The number of rotatable bonds is 10. The van der Waals surface area contributed by atoms with Crippen LogP contribution in [-0.4, -0.2) is 23.9 Å². The van der Waals surface area contributed by atoms with E-state index in [4.69, 9.17) is 4.74 Å². The minimum atomic E-state index is -0.777. The fourth-order valence-electron chi connectivity index (χ4n) is 4.66. The Morgan fingerprint density at radius 2 is 1.56 bits per heavy atom. The van der Waals surface area contributed by atoms with Crippen molar-refractivity contribution in [3.8, 4) is 5.75 Å². The van der Waals surface area contributed by atoms with Crippen molar-refractivity contribution < 1.29 is 4.74 Å². The fraction of sp³-hybridized carbons (Fsp3) is 0.760. The molecule has 1 aromatic rings. The van der Waals surface area contributed by atoms with Gasteiger partial charge in [-0.3, -0.25) is 0 Å². The van der Waals surface area contributed by atoms with E-state index in [1.807, 2.05) is 0 Å². The summed E-state index contributed by atoms with van der Waals surface area (Å²) < 4.78 is 5.42. The van der Waals surface area contributed by atoms with E-state index in [1.165, 1.54) is 69.3 Å². The van der Waals surface area contributed by atoms with Crippen molar-refractivity contribution in [1.82, 2.24) is 0 Å². The molecule has 1 fully saturated rings. The Balaban J connectivity index is 2.13. The maximum Gasteiger partial charge on any atom is 0.118 e. The molecule has 0 amide bonds. The second kappa shape index (κ2) is 11.4. The van der Waals surface area contributed by atoms with Gasteiger partial charge >= 0.3 is 0 Å². The van der Waals surface area contributed by atoms with Gasteiger partial charge in [-0.1, -0.05) is 66.2 Å². The standard InChI is InChI=1S/C25H44OS/c1-21(2)18-20-27(22(3)4,25-16-14-24(26-5)15-17-25)19-10-13-23-11-8-6-7-9-12-23/h14-17,21-23H,6-13,18-20H2,1-5H3. The van der Waals surface area contributed by atoms with Gasteiger partial charge in [0.2, 0.25) is 0 Å². The van der Waals surface area contributed by atoms with Crippen LogP contribution in [0.2, 0.25) is 0 Å². The van der Waals surface area contributed by atoms with Crippen LogP contribution in [0.15, 0.2) is 29.2 Å². The van der Waals surface area contributed by atoms with Crippen LogP contribution in [-0.2, 0) is 0 Å². The number of methoxy groups -OCH3 is 1. The molecule has 2 heteroatoms. The van der Waals surface area contributed by atoms with Crippen molar-refractivity contribution in [3.63, 3.8) is 0 Å². The van der Waals surface area contributed by atoms with Gasteiger partial charge in [0, 0.05) is 0 Å². The quantitative estimate of drug-likeness (QED) is 0.366. The molecule has 1 saturated carbocycles. The van der Waals surface area contributed by atoms with Crippen molar-refractivity contribution in [1.29, 1.82) is 0 Å². The van der Waals surface area contributed by atoms with Crippen LogP contribution in [0.25, 0.3) is 0 Å². The first kappa shape index (κ1) is 22.7. The van der Waals surface area contributed by atoms with Gasteiger partial charge in [-0.2, -0.15) is 0 Å². The number of hydrogen-bond acceptors (Lipinski definition) is 1. The Morgan fingerprint density at radius 3 is 2.07 bits per heavy atom. The van der Waals surface area contributed by atoms with E-state index in [0.29, 0.717) is 0 Å². The molecular formula is C25H44OS. The lowest BCUT2D eigenvalue weighted by Crippen LogP contribution is -2.21. The smallest absolute Gasteiger partial charge is 0.118 e. The first-order chi connectivity index (χ1) is 13.0. The van der Waals surface area contributed by atoms with Crippen LogP contribution in [0.3, 0.4) is 0 Å². The Labute approximate surface area is 171 Å². The molecule has 0 radical (unpaired) electrons. The van der Waals surface area contributed by atoms with Gasteiger partial charge in [0.1, 0.15) is 5.75 Å². The summed E-state index contributed by atoms with van der Waals surface area (Å²) in [4.78, 5) is 1.61. The van der Waals surface area contributed by atoms with Crippen LogP contribution >= 0.6 is 10.0 Å².